The average molecular weight is 499 g/mol. The lowest BCUT2D eigenvalue weighted by Gasteiger charge is -2.38. The van der Waals surface area contributed by atoms with E-state index in [1.165, 1.54) is 6.42 Å². The molecule has 2 aromatic carbocycles. The number of piperazine rings is 1. The Morgan fingerprint density at radius 3 is 2.00 bits per heavy atom. The van der Waals surface area contributed by atoms with Gasteiger partial charge in [-0.25, -0.2) is 0 Å². The molecule has 0 bridgehead atoms. The molecule has 2 aromatic rings. The van der Waals surface area contributed by atoms with Gasteiger partial charge in [-0.1, -0.05) is 79.9 Å². The summed E-state index contributed by atoms with van der Waals surface area (Å²) < 4.78 is 29.4. The van der Waals surface area contributed by atoms with Crippen LogP contribution in [0.1, 0.15) is 55.7 Å². The topological polar surface area (TPSA) is 73.0 Å². The highest BCUT2D eigenvalue weighted by Gasteiger charge is 2.34. The van der Waals surface area contributed by atoms with Crippen LogP contribution < -0.4 is 5.32 Å². The van der Waals surface area contributed by atoms with Gasteiger partial charge in [0.2, 0.25) is 5.91 Å². The van der Waals surface area contributed by atoms with Crippen LogP contribution in [-0.2, 0) is 15.0 Å². The zero-order valence-electron chi connectivity index (χ0n) is 20.7. The Bertz CT molecular complexity index is 995. The van der Waals surface area contributed by atoms with Crippen molar-refractivity contribution in [2.24, 2.45) is 0 Å². The van der Waals surface area contributed by atoms with Crippen molar-refractivity contribution in [2.75, 3.05) is 39.8 Å². The minimum absolute atomic E-state index is 0.00482. The second-order valence-corrected chi connectivity index (χ2v) is 11.6. The summed E-state index contributed by atoms with van der Waals surface area (Å²) in [6, 6.07) is 19.9. The molecule has 1 N–H and O–H groups in total. The van der Waals surface area contributed by atoms with Gasteiger partial charge in [0, 0.05) is 52.2 Å². The van der Waals surface area contributed by atoms with Crippen molar-refractivity contribution in [2.45, 2.75) is 50.6 Å². The van der Waals surface area contributed by atoms with Gasteiger partial charge in [0.25, 0.3) is 10.2 Å². The monoisotopic (exact) mass is 498 g/mol. The number of rotatable bonds is 9. The van der Waals surface area contributed by atoms with Gasteiger partial charge in [0.15, 0.2) is 0 Å². The lowest BCUT2D eigenvalue weighted by atomic mass is 9.96. The normalized spacial score (nSPS) is 18.7. The van der Waals surface area contributed by atoms with Gasteiger partial charge in [-0.05, 0) is 24.0 Å². The van der Waals surface area contributed by atoms with E-state index >= 15 is 0 Å². The Labute approximate surface area is 210 Å². The second-order valence-electron chi connectivity index (χ2n) is 9.63. The first-order valence-electron chi connectivity index (χ1n) is 12.8. The molecule has 0 unspecified atom stereocenters. The van der Waals surface area contributed by atoms with E-state index in [1.807, 2.05) is 60.7 Å². The van der Waals surface area contributed by atoms with Crippen LogP contribution in [0.2, 0.25) is 0 Å². The Kier molecular flexibility index (Phi) is 8.94. The van der Waals surface area contributed by atoms with Crippen LogP contribution in [-0.4, -0.2) is 73.6 Å². The predicted octanol–water partition coefficient (Wildman–Crippen LogP) is 3.41. The Hall–Kier alpha value is -2.26. The number of carbonyl (C=O) groups is 1. The van der Waals surface area contributed by atoms with Gasteiger partial charge in [-0.2, -0.15) is 17.0 Å². The zero-order valence-corrected chi connectivity index (χ0v) is 21.5. The summed E-state index contributed by atoms with van der Waals surface area (Å²) in [4.78, 5) is 15.1. The third-order valence-electron chi connectivity index (χ3n) is 7.34. The first kappa shape index (κ1) is 25.8. The summed E-state index contributed by atoms with van der Waals surface area (Å²) in [6.45, 7) is 2.85. The minimum Gasteiger partial charge on any atom is -0.345 e. The SMILES string of the molecule is CN(C1CCCCC1)S(=O)(=O)N1CCN(CCC(=O)NC(c2ccccc2)c2ccccc2)CC1. The summed E-state index contributed by atoms with van der Waals surface area (Å²) in [6.07, 6.45) is 5.71. The fraction of sp³-hybridized carbons (Fsp3) is 0.519. The van der Waals surface area contributed by atoms with Crippen molar-refractivity contribution in [3.63, 3.8) is 0 Å². The van der Waals surface area contributed by atoms with Crippen molar-refractivity contribution in [3.05, 3.63) is 71.8 Å². The van der Waals surface area contributed by atoms with E-state index in [9.17, 15) is 13.2 Å². The first-order valence-corrected chi connectivity index (χ1v) is 14.2. The molecule has 0 aromatic heterocycles. The molecule has 1 aliphatic heterocycles. The van der Waals surface area contributed by atoms with Gasteiger partial charge >= 0.3 is 0 Å². The Morgan fingerprint density at radius 2 is 1.46 bits per heavy atom. The Morgan fingerprint density at radius 1 is 0.914 bits per heavy atom. The van der Waals surface area contributed by atoms with Crippen molar-refractivity contribution in [3.8, 4) is 0 Å². The van der Waals surface area contributed by atoms with Gasteiger partial charge in [-0.3, -0.25) is 4.79 Å². The van der Waals surface area contributed by atoms with Crippen molar-refractivity contribution in [1.29, 1.82) is 0 Å². The van der Waals surface area contributed by atoms with E-state index in [-0.39, 0.29) is 18.0 Å². The van der Waals surface area contributed by atoms with Crippen LogP contribution in [0.25, 0.3) is 0 Å². The smallest absolute Gasteiger partial charge is 0.282 e. The number of hydrogen-bond acceptors (Lipinski definition) is 4. The highest BCUT2D eigenvalue weighted by Crippen LogP contribution is 2.25. The molecular formula is C27H38N4O3S. The van der Waals surface area contributed by atoms with Crippen molar-refractivity contribution in [1.82, 2.24) is 18.8 Å². The van der Waals surface area contributed by atoms with Crippen LogP contribution in [0.5, 0.6) is 0 Å². The number of nitrogens with one attached hydrogen (secondary N) is 1. The van der Waals surface area contributed by atoms with E-state index < -0.39 is 10.2 Å². The Balaban J connectivity index is 1.27. The standard InChI is InChI=1S/C27H38N4O3S/c1-29(25-15-9-4-10-16-25)35(33,34)31-21-19-30(20-22-31)18-17-26(32)28-27(23-11-5-2-6-12-23)24-13-7-3-8-14-24/h2-3,5-8,11-14,25,27H,4,9-10,15-22H2,1H3,(H,28,32). The fourth-order valence-electron chi connectivity index (χ4n) is 5.14. The van der Waals surface area contributed by atoms with Crippen LogP contribution >= 0.6 is 0 Å². The van der Waals surface area contributed by atoms with Gasteiger partial charge < -0.3 is 10.2 Å². The lowest BCUT2D eigenvalue weighted by molar-refractivity contribution is -0.122. The molecule has 0 radical (unpaired) electrons. The van der Waals surface area contributed by atoms with Gasteiger partial charge in [0.1, 0.15) is 0 Å². The maximum atomic E-state index is 13.1. The van der Waals surface area contributed by atoms with E-state index in [0.717, 1.165) is 36.8 Å². The molecule has 190 valence electrons. The highest BCUT2D eigenvalue weighted by atomic mass is 32.2. The van der Waals surface area contributed by atoms with Gasteiger partial charge in [0.05, 0.1) is 6.04 Å². The maximum absolute atomic E-state index is 13.1. The third kappa shape index (κ3) is 6.70. The summed E-state index contributed by atoms with van der Waals surface area (Å²) >= 11 is 0. The molecule has 4 rings (SSSR count). The molecule has 1 aliphatic carbocycles. The van der Waals surface area contributed by atoms with Crippen LogP contribution in [0, 0.1) is 0 Å². The van der Waals surface area contributed by atoms with Crippen molar-refractivity contribution >= 4 is 16.1 Å². The molecule has 1 heterocycles. The van der Waals surface area contributed by atoms with Gasteiger partial charge in [-0.15, -0.1) is 0 Å². The molecule has 0 spiro atoms. The molecule has 1 saturated carbocycles. The number of carbonyl (C=O) groups excluding carboxylic acids is 1. The van der Waals surface area contributed by atoms with E-state index in [2.05, 4.69) is 10.2 Å². The molecule has 7 nitrogen and oxygen atoms in total. The lowest BCUT2D eigenvalue weighted by Crippen LogP contribution is -2.54. The summed E-state index contributed by atoms with van der Waals surface area (Å²) in [5, 5.41) is 3.19. The van der Waals surface area contributed by atoms with E-state index in [4.69, 9.17) is 0 Å². The molecule has 0 atom stereocenters. The second kappa shape index (κ2) is 12.1. The summed E-state index contributed by atoms with van der Waals surface area (Å²) in [5.74, 6) is -0.00482. The van der Waals surface area contributed by atoms with Crippen LogP contribution in [0.4, 0.5) is 0 Å². The molecule has 2 fully saturated rings. The molecule has 1 amide bonds. The number of amides is 1. The van der Waals surface area contributed by atoms with Crippen LogP contribution in [0.3, 0.4) is 0 Å². The minimum atomic E-state index is -3.43. The quantitative estimate of drug-likeness (QED) is 0.575. The first-order chi connectivity index (χ1) is 16.9. The molecule has 2 aliphatic rings. The van der Waals surface area contributed by atoms with Crippen LogP contribution in [0.15, 0.2) is 60.7 Å². The zero-order chi connectivity index (χ0) is 24.7. The molecular weight excluding hydrogens is 460 g/mol. The maximum Gasteiger partial charge on any atom is 0.282 e. The third-order valence-corrected chi connectivity index (χ3v) is 9.38. The number of nitrogens with zero attached hydrogens (tertiary/aromatic N) is 3. The van der Waals surface area contributed by atoms with E-state index in [1.54, 1.807) is 15.7 Å². The number of benzene rings is 2. The van der Waals surface area contributed by atoms with E-state index in [0.29, 0.717) is 39.1 Å². The average Bonchev–Trinajstić information content (AvgIpc) is 2.92. The summed E-state index contributed by atoms with van der Waals surface area (Å²) in [7, 11) is -1.70. The van der Waals surface area contributed by atoms with Crippen molar-refractivity contribution < 1.29 is 13.2 Å². The molecule has 35 heavy (non-hydrogen) atoms. The highest BCUT2D eigenvalue weighted by molar-refractivity contribution is 7.86. The largest absolute Gasteiger partial charge is 0.345 e. The number of hydrogen-bond donors (Lipinski definition) is 1. The predicted molar refractivity (Wildman–Crippen MR) is 139 cm³/mol. The molecule has 1 saturated heterocycles. The molecule has 8 heteroatoms. The summed E-state index contributed by atoms with van der Waals surface area (Å²) in [5.41, 5.74) is 2.10. The fourth-order valence-corrected chi connectivity index (χ4v) is 6.72.